The van der Waals surface area contributed by atoms with Gasteiger partial charge in [-0.2, -0.15) is 23.5 Å². The molecule has 3 rings (SSSR count). The normalized spacial score (nSPS) is 20.8. The van der Waals surface area contributed by atoms with E-state index in [4.69, 9.17) is 0 Å². The summed E-state index contributed by atoms with van der Waals surface area (Å²) in [4.78, 5) is 4.66. The summed E-state index contributed by atoms with van der Waals surface area (Å²) in [5.74, 6) is 3.42. The zero-order valence-corrected chi connectivity index (χ0v) is 13.5. The van der Waals surface area contributed by atoms with Gasteiger partial charge in [-0.15, -0.1) is 11.3 Å². The fourth-order valence-corrected chi connectivity index (χ4v) is 5.81. The predicted octanol–water partition coefficient (Wildman–Crippen LogP) is 3.56. The van der Waals surface area contributed by atoms with E-state index in [1.165, 1.54) is 5.75 Å². The Morgan fingerprint density at radius 2 is 2.10 bits per heavy atom. The van der Waals surface area contributed by atoms with Gasteiger partial charge in [0.15, 0.2) is 0 Å². The molecule has 0 aliphatic carbocycles. The lowest BCUT2D eigenvalue weighted by Gasteiger charge is -2.25. The highest BCUT2D eigenvalue weighted by atomic mass is 32.2. The summed E-state index contributed by atoms with van der Waals surface area (Å²) in [5, 5.41) is 13.8. The average Bonchev–Trinajstić information content (AvgIpc) is 2.97. The number of thiazole rings is 1. The molecule has 0 amide bonds. The van der Waals surface area contributed by atoms with E-state index >= 15 is 0 Å². The molecule has 2 atom stereocenters. The van der Waals surface area contributed by atoms with Gasteiger partial charge in [-0.1, -0.05) is 30.3 Å². The van der Waals surface area contributed by atoms with Crippen LogP contribution in [-0.4, -0.2) is 38.7 Å². The van der Waals surface area contributed by atoms with Crippen LogP contribution >= 0.6 is 34.9 Å². The van der Waals surface area contributed by atoms with Gasteiger partial charge in [-0.3, -0.25) is 0 Å². The van der Waals surface area contributed by atoms with Crippen LogP contribution < -0.4 is 0 Å². The molecule has 1 aromatic heterocycles. The maximum atomic E-state index is 10.3. The number of hydrogen-bond acceptors (Lipinski definition) is 5. The molecule has 1 aliphatic heterocycles. The molecule has 2 nitrogen and oxygen atoms in total. The second-order valence-corrected chi connectivity index (χ2v) is 8.19. The van der Waals surface area contributed by atoms with Gasteiger partial charge in [0.2, 0.25) is 0 Å². The number of aliphatic hydroxyl groups excluding tert-OH is 1. The molecule has 2 unspecified atom stereocenters. The fraction of sp³-hybridized carbons (Fsp3) is 0.400. The summed E-state index contributed by atoms with van der Waals surface area (Å²) in [6.07, 6.45) is 0.401. The van der Waals surface area contributed by atoms with Gasteiger partial charge in [0.1, 0.15) is 0 Å². The van der Waals surface area contributed by atoms with Crippen molar-refractivity contribution in [3.8, 4) is 11.3 Å². The molecule has 2 heterocycles. The maximum absolute atomic E-state index is 10.3. The van der Waals surface area contributed by atoms with Crippen molar-refractivity contribution in [1.82, 2.24) is 4.98 Å². The van der Waals surface area contributed by atoms with E-state index in [1.807, 2.05) is 41.7 Å². The van der Waals surface area contributed by atoms with E-state index < -0.39 is 0 Å². The van der Waals surface area contributed by atoms with Crippen LogP contribution in [0.25, 0.3) is 11.3 Å². The van der Waals surface area contributed by atoms with Crippen LogP contribution in [0.15, 0.2) is 35.7 Å². The van der Waals surface area contributed by atoms with Crippen molar-refractivity contribution in [3.63, 3.8) is 0 Å². The molecule has 0 bridgehead atoms. The number of thioether (sulfide) groups is 2. The van der Waals surface area contributed by atoms with Gasteiger partial charge in [-0.25, -0.2) is 4.98 Å². The lowest BCUT2D eigenvalue weighted by molar-refractivity contribution is 0.177. The molecule has 0 saturated carbocycles. The molecular weight excluding hydrogens is 306 g/mol. The third-order valence-corrected chi connectivity index (χ3v) is 7.05. The number of aliphatic hydroxyl groups is 1. The van der Waals surface area contributed by atoms with Crippen molar-refractivity contribution in [3.05, 3.63) is 40.7 Å². The largest absolute Gasteiger partial charge is 0.392 e. The summed E-state index contributed by atoms with van der Waals surface area (Å²) in [6.45, 7) is 0. The summed E-state index contributed by atoms with van der Waals surface area (Å²) >= 11 is 5.50. The molecule has 2 aromatic rings. The Hall–Kier alpha value is -0.490. The number of hydrogen-bond donors (Lipinski definition) is 1. The number of rotatable bonds is 4. The quantitative estimate of drug-likeness (QED) is 0.932. The van der Waals surface area contributed by atoms with Crippen molar-refractivity contribution in [2.75, 3.05) is 17.3 Å². The first-order valence-electron chi connectivity index (χ1n) is 6.70. The maximum Gasteiger partial charge on any atom is 0.0958 e. The van der Waals surface area contributed by atoms with Crippen LogP contribution in [0.1, 0.15) is 5.01 Å². The van der Waals surface area contributed by atoms with Gasteiger partial charge in [-0.05, 0) is 0 Å². The molecule has 0 radical (unpaired) electrons. The lowest BCUT2D eigenvalue weighted by Crippen LogP contribution is -2.30. The molecule has 1 N–H and O–H groups in total. The number of benzene rings is 1. The van der Waals surface area contributed by atoms with Crippen LogP contribution in [0.5, 0.6) is 0 Å². The Bertz CT molecular complexity index is 537. The Balaban J connectivity index is 1.65. The minimum atomic E-state index is -0.275. The Kier molecular flexibility index (Phi) is 5.04. The first-order chi connectivity index (χ1) is 9.83. The van der Waals surface area contributed by atoms with E-state index in [9.17, 15) is 5.11 Å². The van der Waals surface area contributed by atoms with Crippen molar-refractivity contribution in [1.29, 1.82) is 0 Å². The molecule has 1 fully saturated rings. The smallest absolute Gasteiger partial charge is 0.0958 e. The standard InChI is InChI=1S/C15H17NOS3/c17-13(14-10-18-6-7-19-14)8-15-16-12(9-20-15)11-4-2-1-3-5-11/h1-5,9,13-14,17H,6-8,10H2. The summed E-state index contributed by atoms with van der Waals surface area (Å²) in [5.41, 5.74) is 2.16. The first kappa shape index (κ1) is 14.4. The second kappa shape index (κ2) is 6.98. The molecule has 0 spiro atoms. The van der Waals surface area contributed by atoms with Crippen LogP contribution in [0.2, 0.25) is 0 Å². The lowest BCUT2D eigenvalue weighted by atomic mass is 10.2. The number of nitrogens with zero attached hydrogens (tertiary/aromatic N) is 1. The average molecular weight is 324 g/mol. The zero-order valence-electron chi connectivity index (χ0n) is 11.1. The first-order valence-corrected chi connectivity index (χ1v) is 9.78. The molecule has 1 aromatic carbocycles. The summed E-state index contributed by atoms with van der Waals surface area (Å²) in [7, 11) is 0. The third kappa shape index (κ3) is 3.58. The van der Waals surface area contributed by atoms with Gasteiger partial charge < -0.3 is 5.11 Å². The molecule has 20 heavy (non-hydrogen) atoms. The van der Waals surface area contributed by atoms with Gasteiger partial charge in [0.05, 0.1) is 16.8 Å². The molecular formula is C15H17NOS3. The minimum absolute atomic E-state index is 0.275. The molecule has 106 valence electrons. The van der Waals surface area contributed by atoms with E-state index in [0.717, 1.165) is 27.8 Å². The van der Waals surface area contributed by atoms with E-state index in [-0.39, 0.29) is 6.10 Å². The Morgan fingerprint density at radius 3 is 2.85 bits per heavy atom. The van der Waals surface area contributed by atoms with Gasteiger partial charge in [0, 0.05) is 39.9 Å². The van der Waals surface area contributed by atoms with Gasteiger partial charge >= 0.3 is 0 Å². The second-order valence-electron chi connectivity index (χ2n) is 4.75. The molecule has 1 aliphatic rings. The van der Waals surface area contributed by atoms with Crippen molar-refractivity contribution in [2.24, 2.45) is 0 Å². The highest BCUT2D eigenvalue weighted by Crippen LogP contribution is 2.29. The SMILES string of the molecule is OC(Cc1nc(-c2ccccc2)cs1)C1CSCCS1. The summed E-state index contributed by atoms with van der Waals surface area (Å²) < 4.78 is 0. The fourth-order valence-electron chi connectivity index (χ4n) is 2.18. The van der Waals surface area contributed by atoms with Crippen molar-refractivity contribution < 1.29 is 5.11 Å². The van der Waals surface area contributed by atoms with Crippen molar-refractivity contribution in [2.45, 2.75) is 17.8 Å². The van der Waals surface area contributed by atoms with Crippen LogP contribution in [0.3, 0.4) is 0 Å². The minimum Gasteiger partial charge on any atom is -0.392 e. The van der Waals surface area contributed by atoms with Gasteiger partial charge in [0.25, 0.3) is 0 Å². The van der Waals surface area contributed by atoms with E-state index in [2.05, 4.69) is 22.5 Å². The molecule has 1 saturated heterocycles. The Labute approximate surface area is 132 Å². The number of aromatic nitrogens is 1. The van der Waals surface area contributed by atoms with Crippen LogP contribution in [0, 0.1) is 0 Å². The summed E-state index contributed by atoms with van der Waals surface area (Å²) in [6, 6.07) is 10.2. The van der Waals surface area contributed by atoms with E-state index in [1.54, 1.807) is 11.3 Å². The Morgan fingerprint density at radius 1 is 1.25 bits per heavy atom. The highest BCUT2D eigenvalue weighted by Gasteiger charge is 2.23. The highest BCUT2D eigenvalue weighted by molar-refractivity contribution is 8.06. The van der Waals surface area contributed by atoms with E-state index in [0.29, 0.717) is 11.7 Å². The van der Waals surface area contributed by atoms with Crippen molar-refractivity contribution >= 4 is 34.9 Å². The monoisotopic (exact) mass is 323 g/mol. The predicted molar refractivity (Wildman–Crippen MR) is 90.8 cm³/mol. The van der Waals surface area contributed by atoms with Crippen LogP contribution in [-0.2, 0) is 6.42 Å². The zero-order chi connectivity index (χ0) is 13.8. The van der Waals surface area contributed by atoms with Crippen LogP contribution in [0.4, 0.5) is 0 Å². The topological polar surface area (TPSA) is 33.1 Å². The molecule has 5 heteroatoms. The third-order valence-electron chi connectivity index (χ3n) is 3.28.